The molecule has 2 rings (SSSR count). The van der Waals surface area contributed by atoms with E-state index in [1.165, 1.54) is 18.0 Å². The largest absolute Gasteiger partial charge is 0.341 e. The first-order chi connectivity index (χ1) is 9.11. The lowest BCUT2D eigenvalue weighted by Crippen LogP contribution is -2.28. The molecule has 1 unspecified atom stereocenters. The maximum atomic E-state index is 12.1. The highest BCUT2D eigenvalue weighted by molar-refractivity contribution is 7.98. The van der Waals surface area contributed by atoms with Crippen LogP contribution in [0.2, 0.25) is 5.02 Å². The highest BCUT2D eigenvalue weighted by Gasteiger charge is 2.18. The Labute approximate surface area is 117 Å². The second kappa shape index (κ2) is 5.93. The summed E-state index contributed by atoms with van der Waals surface area (Å²) in [6.07, 6.45) is 3.21. The second-order valence-electron chi connectivity index (χ2n) is 3.52. The normalized spacial score (nSPS) is 12.2. The molecule has 8 nitrogen and oxygen atoms in total. The Bertz CT molecular complexity index is 576. The molecule has 0 aliphatic heterocycles. The molecular weight excluding hydrogens is 290 g/mol. The molecule has 2 aromatic rings. The zero-order valence-corrected chi connectivity index (χ0v) is 11.7. The molecule has 0 saturated carbocycles. The molecule has 2 aromatic heterocycles. The number of H-pyrrole nitrogens is 1. The number of hydrogen-bond acceptors (Lipinski definition) is 7. The summed E-state index contributed by atoms with van der Waals surface area (Å²) < 4.78 is 0. The number of aromatic amines is 1. The van der Waals surface area contributed by atoms with Crippen molar-refractivity contribution in [1.82, 2.24) is 35.9 Å². The van der Waals surface area contributed by atoms with Gasteiger partial charge in [-0.15, -0.1) is 10.2 Å². The summed E-state index contributed by atoms with van der Waals surface area (Å²) in [5, 5.41) is 16.7. The molecule has 0 aromatic carbocycles. The number of carbonyl (C=O) groups is 1. The minimum atomic E-state index is -0.417. The molecule has 0 bridgehead atoms. The van der Waals surface area contributed by atoms with Gasteiger partial charge in [-0.25, -0.2) is 9.97 Å². The number of hydrogen-bond donors (Lipinski definition) is 2. The van der Waals surface area contributed by atoms with Crippen molar-refractivity contribution >= 4 is 29.3 Å². The molecule has 0 spiro atoms. The number of amides is 1. The third kappa shape index (κ3) is 3.18. The van der Waals surface area contributed by atoms with Crippen LogP contribution in [0.3, 0.4) is 0 Å². The monoisotopic (exact) mass is 299 g/mol. The SMILES string of the molecule is CSc1ncc(Cl)c(C(=O)NC(C)c2nn[nH]n2)n1. The molecule has 0 fully saturated rings. The summed E-state index contributed by atoms with van der Waals surface area (Å²) >= 11 is 7.24. The fourth-order valence-corrected chi connectivity index (χ4v) is 1.81. The zero-order chi connectivity index (χ0) is 13.8. The first-order valence-corrected chi connectivity index (χ1v) is 6.83. The fourth-order valence-electron chi connectivity index (χ4n) is 1.29. The third-order valence-electron chi connectivity index (χ3n) is 2.22. The highest BCUT2D eigenvalue weighted by atomic mass is 35.5. The maximum absolute atomic E-state index is 12.1. The predicted octanol–water partition coefficient (Wildman–Crippen LogP) is 0.856. The van der Waals surface area contributed by atoms with Crippen molar-refractivity contribution in [3.8, 4) is 0 Å². The number of tetrazole rings is 1. The van der Waals surface area contributed by atoms with E-state index in [0.717, 1.165) is 0 Å². The van der Waals surface area contributed by atoms with E-state index < -0.39 is 11.9 Å². The van der Waals surface area contributed by atoms with Crippen LogP contribution in [0.4, 0.5) is 0 Å². The van der Waals surface area contributed by atoms with Gasteiger partial charge in [0.15, 0.2) is 16.7 Å². The van der Waals surface area contributed by atoms with Gasteiger partial charge in [0.2, 0.25) is 0 Å². The lowest BCUT2D eigenvalue weighted by molar-refractivity contribution is 0.0932. The molecule has 10 heteroatoms. The van der Waals surface area contributed by atoms with Crippen LogP contribution < -0.4 is 5.32 Å². The van der Waals surface area contributed by atoms with Gasteiger partial charge in [0, 0.05) is 0 Å². The number of aromatic nitrogens is 6. The maximum Gasteiger partial charge on any atom is 0.272 e. The average molecular weight is 300 g/mol. The Morgan fingerprint density at radius 1 is 1.58 bits per heavy atom. The predicted molar refractivity (Wildman–Crippen MR) is 68.9 cm³/mol. The molecule has 1 amide bonds. The van der Waals surface area contributed by atoms with Crippen molar-refractivity contribution in [2.75, 3.05) is 6.26 Å². The van der Waals surface area contributed by atoms with Crippen LogP contribution in [0.1, 0.15) is 29.3 Å². The number of nitrogens with zero attached hydrogens (tertiary/aromatic N) is 5. The van der Waals surface area contributed by atoms with Gasteiger partial charge < -0.3 is 5.32 Å². The van der Waals surface area contributed by atoms with E-state index in [9.17, 15) is 4.79 Å². The lowest BCUT2D eigenvalue weighted by Gasteiger charge is -2.10. The summed E-state index contributed by atoms with van der Waals surface area (Å²) in [6, 6.07) is -0.407. The smallest absolute Gasteiger partial charge is 0.272 e. The van der Waals surface area contributed by atoms with Gasteiger partial charge in [-0.05, 0) is 13.2 Å². The quantitative estimate of drug-likeness (QED) is 0.636. The molecule has 1 atom stereocenters. The van der Waals surface area contributed by atoms with Crippen molar-refractivity contribution in [3.05, 3.63) is 22.7 Å². The summed E-state index contributed by atoms with van der Waals surface area (Å²) in [5.74, 6) is -0.0383. The Morgan fingerprint density at radius 3 is 3.00 bits per heavy atom. The van der Waals surface area contributed by atoms with Crippen LogP contribution in [0.15, 0.2) is 11.4 Å². The first kappa shape index (κ1) is 13.7. The molecule has 0 saturated heterocycles. The van der Waals surface area contributed by atoms with Crippen LogP contribution in [0, 0.1) is 0 Å². The Morgan fingerprint density at radius 2 is 2.37 bits per heavy atom. The van der Waals surface area contributed by atoms with E-state index in [-0.39, 0.29) is 10.7 Å². The molecule has 2 N–H and O–H groups in total. The van der Waals surface area contributed by atoms with Crippen LogP contribution >= 0.6 is 23.4 Å². The summed E-state index contributed by atoms with van der Waals surface area (Å²) in [7, 11) is 0. The number of halogens is 1. The van der Waals surface area contributed by atoms with Crippen LogP contribution in [0.25, 0.3) is 0 Å². The third-order valence-corrected chi connectivity index (χ3v) is 3.05. The minimum absolute atomic E-state index is 0.122. The van der Waals surface area contributed by atoms with E-state index in [4.69, 9.17) is 11.6 Å². The van der Waals surface area contributed by atoms with Gasteiger partial charge in [0.25, 0.3) is 5.91 Å². The average Bonchev–Trinajstić information content (AvgIpc) is 2.93. The molecule has 19 heavy (non-hydrogen) atoms. The van der Waals surface area contributed by atoms with Crippen molar-refractivity contribution < 1.29 is 4.79 Å². The van der Waals surface area contributed by atoms with E-state index in [1.54, 1.807) is 6.92 Å². The summed E-state index contributed by atoms with van der Waals surface area (Å²) in [4.78, 5) is 20.1. The number of carbonyl (C=O) groups excluding carboxylic acids is 1. The zero-order valence-electron chi connectivity index (χ0n) is 10.1. The highest BCUT2D eigenvalue weighted by Crippen LogP contribution is 2.17. The van der Waals surface area contributed by atoms with E-state index in [2.05, 4.69) is 35.9 Å². The van der Waals surface area contributed by atoms with E-state index >= 15 is 0 Å². The fraction of sp³-hybridized carbons (Fsp3) is 0.333. The number of thioether (sulfide) groups is 1. The standard InChI is InChI=1S/C9H10ClN7OS/c1-4(7-14-16-17-15-7)12-8(18)6-5(10)3-11-9(13-6)19-2/h3-4H,1-2H3,(H,12,18)(H,14,15,16,17). The molecular formula is C9H10ClN7OS. The summed E-state index contributed by atoms with van der Waals surface area (Å²) in [6.45, 7) is 1.73. The van der Waals surface area contributed by atoms with E-state index in [0.29, 0.717) is 11.0 Å². The Kier molecular flexibility index (Phi) is 4.27. The molecule has 100 valence electrons. The first-order valence-electron chi connectivity index (χ1n) is 5.22. The Hall–Kier alpha value is -1.74. The van der Waals surface area contributed by atoms with E-state index in [1.807, 2.05) is 6.26 Å². The van der Waals surface area contributed by atoms with Crippen molar-refractivity contribution in [1.29, 1.82) is 0 Å². The molecule has 0 aliphatic rings. The van der Waals surface area contributed by atoms with Gasteiger partial charge in [-0.3, -0.25) is 4.79 Å². The molecule has 2 heterocycles. The second-order valence-corrected chi connectivity index (χ2v) is 4.70. The van der Waals surface area contributed by atoms with Gasteiger partial charge in [-0.2, -0.15) is 5.21 Å². The number of rotatable bonds is 4. The topological polar surface area (TPSA) is 109 Å². The van der Waals surface area contributed by atoms with Crippen molar-refractivity contribution in [2.45, 2.75) is 18.1 Å². The van der Waals surface area contributed by atoms with Crippen molar-refractivity contribution in [2.24, 2.45) is 0 Å². The van der Waals surface area contributed by atoms with Gasteiger partial charge in [0.05, 0.1) is 17.3 Å². The van der Waals surface area contributed by atoms with Crippen LogP contribution in [0.5, 0.6) is 0 Å². The van der Waals surface area contributed by atoms with Crippen LogP contribution in [-0.2, 0) is 0 Å². The summed E-state index contributed by atoms with van der Waals surface area (Å²) in [5.41, 5.74) is 0.122. The minimum Gasteiger partial charge on any atom is -0.341 e. The Balaban J connectivity index is 2.16. The van der Waals surface area contributed by atoms with Gasteiger partial charge in [-0.1, -0.05) is 28.6 Å². The van der Waals surface area contributed by atoms with Gasteiger partial charge >= 0.3 is 0 Å². The molecule has 0 radical (unpaired) electrons. The molecule has 0 aliphatic carbocycles. The lowest BCUT2D eigenvalue weighted by atomic mass is 10.3. The number of nitrogens with one attached hydrogen (secondary N) is 2. The van der Waals surface area contributed by atoms with Crippen molar-refractivity contribution in [3.63, 3.8) is 0 Å². The van der Waals surface area contributed by atoms with Crippen LogP contribution in [-0.4, -0.2) is 42.8 Å². The van der Waals surface area contributed by atoms with Gasteiger partial charge in [0.1, 0.15) is 0 Å².